The molecule has 28 heavy (non-hydrogen) atoms. The van der Waals surface area contributed by atoms with Crippen molar-refractivity contribution in [3.63, 3.8) is 0 Å². The molecule has 2 rings (SSSR count). The topological polar surface area (TPSA) is 153 Å². The molecule has 2 aromatic rings. The number of esters is 1. The summed E-state index contributed by atoms with van der Waals surface area (Å²) in [6.07, 6.45) is 0. The Morgan fingerprint density at radius 3 is 1.89 bits per heavy atom. The molecule has 2 unspecified atom stereocenters. The highest BCUT2D eigenvalue weighted by Crippen LogP contribution is 2.23. The Hall–Kier alpha value is -3.23. The SMILES string of the molecule is COC(=O)C(N)(C(=O)O)c1ccccc1C.Cc1ccccc1C(N)C(=O)O. The summed E-state index contributed by atoms with van der Waals surface area (Å²) in [7, 11) is 1.10. The molecule has 2 aromatic carbocycles. The molecule has 0 radical (unpaired) electrons. The summed E-state index contributed by atoms with van der Waals surface area (Å²) in [5, 5.41) is 17.7. The first-order valence-electron chi connectivity index (χ1n) is 8.28. The van der Waals surface area contributed by atoms with Gasteiger partial charge in [-0.05, 0) is 36.1 Å². The number of ether oxygens (including phenoxy) is 1. The number of carboxylic acid groups (broad SMARTS) is 2. The van der Waals surface area contributed by atoms with E-state index < -0.39 is 29.5 Å². The Bertz CT molecular complexity index is 867. The molecule has 8 heteroatoms. The molecule has 0 aromatic heterocycles. The Morgan fingerprint density at radius 1 is 0.964 bits per heavy atom. The summed E-state index contributed by atoms with van der Waals surface area (Å²) >= 11 is 0. The molecule has 0 aliphatic rings. The van der Waals surface area contributed by atoms with E-state index in [1.807, 2.05) is 19.1 Å². The molecule has 0 heterocycles. The average Bonchev–Trinajstić information content (AvgIpc) is 2.67. The van der Waals surface area contributed by atoms with Crippen molar-refractivity contribution in [1.29, 1.82) is 0 Å². The van der Waals surface area contributed by atoms with Crippen LogP contribution in [0, 0.1) is 13.8 Å². The minimum atomic E-state index is -2.15. The first-order valence-corrected chi connectivity index (χ1v) is 8.28. The molecule has 0 amide bonds. The Kier molecular flexibility index (Phi) is 7.85. The highest BCUT2D eigenvalue weighted by atomic mass is 16.5. The van der Waals surface area contributed by atoms with Crippen molar-refractivity contribution in [3.8, 4) is 0 Å². The van der Waals surface area contributed by atoms with Gasteiger partial charge in [-0.1, -0.05) is 48.5 Å². The van der Waals surface area contributed by atoms with Crippen LogP contribution in [0.5, 0.6) is 0 Å². The molecule has 150 valence electrons. The zero-order valence-electron chi connectivity index (χ0n) is 15.9. The van der Waals surface area contributed by atoms with E-state index in [1.165, 1.54) is 6.07 Å². The van der Waals surface area contributed by atoms with E-state index in [1.54, 1.807) is 37.3 Å². The number of hydrogen-bond acceptors (Lipinski definition) is 6. The predicted molar refractivity (Wildman–Crippen MR) is 102 cm³/mol. The van der Waals surface area contributed by atoms with E-state index in [0.717, 1.165) is 12.7 Å². The van der Waals surface area contributed by atoms with Gasteiger partial charge in [-0.2, -0.15) is 0 Å². The van der Waals surface area contributed by atoms with Crippen molar-refractivity contribution in [2.45, 2.75) is 25.4 Å². The normalized spacial score (nSPS) is 13.3. The molecule has 2 atom stereocenters. The number of aliphatic carboxylic acids is 2. The van der Waals surface area contributed by atoms with Crippen molar-refractivity contribution in [1.82, 2.24) is 0 Å². The lowest BCUT2D eigenvalue weighted by Gasteiger charge is -2.23. The molecular formula is C20H24N2O6. The highest BCUT2D eigenvalue weighted by Gasteiger charge is 2.46. The molecule has 0 saturated carbocycles. The minimum absolute atomic E-state index is 0.231. The zero-order valence-corrected chi connectivity index (χ0v) is 15.9. The summed E-state index contributed by atoms with van der Waals surface area (Å²) in [5.74, 6) is -3.42. The van der Waals surface area contributed by atoms with Crippen LogP contribution in [0.25, 0.3) is 0 Å². The van der Waals surface area contributed by atoms with Gasteiger partial charge in [0.1, 0.15) is 6.04 Å². The summed E-state index contributed by atoms with van der Waals surface area (Å²) < 4.78 is 4.44. The van der Waals surface area contributed by atoms with Crippen LogP contribution in [0.15, 0.2) is 48.5 Å². The van der Waals surface area contributed by atoms with E-state index in [2.05, 4.69) is 4.74 Å². The van der Waals surface area contributed by atoms with Crippen molar-refractivity contribution < 1.29 is 29.3 Å². The molecule has 0 aliphatic carbocycles. The van der Waals surface area contributed by atoms with Crippen molar-refractivity contribution in [2.24, 2.45) is 11.5 Å². The summed E-state index contributed by atoms with van der Waals surface area (Å²) in [5.41, 5.74) is 11.4. The van der Waals surface area contributed by atoms with E-state index in [0.29, 0.717) is 11.1 Å². The fourth-order valence-corrected chi connectivity index (χ4v) is 2.56. The maximum absolute atomic E-state index is 11.5. The minimum Gasteiger partial charge on any atom is -0.480 e. The van der Waals surface area contributed by atoms with Gasteiger partial charge in [-0.25, -0.2) is 9.59 Å². The second-order valence-electron chi connectivity index (χ2n) is 6.09. The fourth-order valence-electron chi connectivity index (χ4n) is 2.56. The number of carboxylic acids is 2. The smallest absolute Gasteiger partial charge is 0.342 e. The van der Waals surface area contributed by atoms with Crippen LogP contribution in [0.3, 0.4) is 0 Å². The van der Waals surface area contributed by atoms with Gasteiger partial charge >= 0.3 is 17.9 Å². The lowest BCUT2D eigenvalue weighted by molar-refractivity contribution is -0.159. The quantitative estimate of drug-likeness (QED) is 0.444. The van der Waals surface area contributed by atoms with Gasteiger partial charge in [-0.15, -0.1) is 0 Å². The second-order valence-corrected chi connectivity index (χ2v) is 6.09. The molecule has 0 bridgehead atoms. The van der Waals surface area contributed by atoms with Crippen molar-refractivity contribution >= 4 is 17.9 Å². The van der Waals surface area contributed by atoms with E-state index in [4.69, 9.17) is 21.7 Å². The second kappa shape index (κ2) is 9.63. The van der Waals surface area contributed by atoms with Crippen molar-refractivity contribution in [2.75, 3.05) is 7.11 Å². The Labute approximate surface area is 162 Å². The maximum atomic E-state index is 11.5. The van der Waals surface area contributed by atoms with Crippen LogP contribution in [0.4, 0.5) is 0 Å². The molecule has 0 fully saturated rings. The third kappa shape index (κ3) is 4.93. The van der Waals surface area contributed by atoms with Gasteiger partial charge in [0.15, 0.2) is 0 Å². The Morgan fingerprint density at radius 2 is 1.46 bits per heavy atom. The molecule has 8 nitrogen and oxygen atoms in total. The number of carbonyl (C=O) groups is 3. The number of rotatable bonds is 5. The van der Waals surface area contributed by atoms with Gasteiger partial charge in [0, 0.05) is 0 Å². The van der Waals surface area contributed by atoms with Crippen LogP contribution in [-0.4, -0.2) is 35.2 Å². The first kappa shape index (κ1) is 22.8. The maximum Gasteiger partial charge on any atom is 0.342 e. The third-order valence-electron chi connectivity index (χ3n) is 4.20. The standard InChI is InChI=1S/C11H13NO4.C9H11NO2/c1-7-5-3-4-6-8(7)11(12,9(13)14)10(15)16-2;1-6-4-2-3-5-7(6)8(10)9(11)12/h3-6H,12H2,1-2H3,(H,13,14);2-5,8H,10H2,1H3,(H,11,12). The predicted octanol–water partition coefficient (Wildman–Crippen LogP) is 1.49. The van der Waals surface area contributed by atoms with E-state index in [9.17, 15) is 14.4 Å². The third-order valence-corrected chi connectivity index (χ3v) is 4.20. The lowest BCUT2D eigenvalue weighted by Crippen LogP contribution is -2.52. The van der Waals surface area contributed by atoms with Crippen LogP contribution < -0.4 is 11.5 Å². The van der Waals surface area contributed by atoms with E-state index >= 15 is 0 Å². The lowest BCUT2D eigenvalue weighted by atomic mass is 9.88. The highest BCUT2D eigenvalue weighted by molar-refractivity contribution is 6.04. The molecule has 0 aliphatic heterocycles. The van der Waals surface area contributed by atoms with Gasteiger partial charge in [0.2, 0.25) is 5.54 Å². The number of aryl methyl sites for hydroxylation is 2. The summed E-state index contributed by atoms with van der Waals surface area (Å²) in [4.78, 5) is 33.2. The number of methoxy groups -OCH3 is 1. The number of benzene rings is 2. The molecule has 0 saturated heterocycles. The fraction of sp³-hybridized carbons (Fsp3) is 0.250. The number of carbonyl (C=O) groups excluding carboxylic acids is 1. The Balaban J connectivity index is 0.000000292. The number of nitrogens with two attached hydrogens (primary N) is 2. The largest absolute Gasteiger partial charge is 0.480 e. The number of hydrogen-bond donors (Lipinski definition) is 4. The zero-order chi connectivity index (χ0) is 21.5. The molecular weight excluding hydrogens is 364 g/mol. The van der Waals surface area contributed by atoms with Crippen LogP contribution in [0.2, 0.25) is 0 Å². The van der Waals surface area contributed by atoms with Gasteiger partial charge < -0.3 is 26.4 Å². The molecule has 6 N–H and O–H groups in total. The monoisotopic (exact) mass is 388 g/mol. The van der Waals surface area contributed by atoms with Crippen LogP contribution >= 0.6 is 0 Å². The first-order chi connectivity index (χ1) is 13.1. The van der Waals surface area contributed by atoms with Crippen molar-refractivity contribution in [3.05, 3.63) is 70.8 Å². The average molecular weight is 388 g/mol. The molecule has 0 spiro atoms. The summed E-state index contributed by atoms with van der Waals surface area (Å²) in [6.45, 7) is 3.53. The summed E-state index contributed by atoms with van der Waals surface area (Å²) in [6, 6.07) is 12.8. The van der Waals surface area contributed by atoms with Gasteiger partial charge in [0.25, 0.3) is 0 Å². The van der Waals surface area contributed by atoms with Crippen LogP contribution in [0.1, 0.15) is 28.3 Å². The van der Waals surface area contributed by atoms with Gasteiger partial charge in [-0.3, -0.25) is 4.79 Å². The van der Waals surface area contributed by atoms with E-state index in [-0.39, 0.29) is 5.56 Å². The van der Waals surface area contributed by atoms with Gasteiger partial charge in [0.05, 0.1) is 7.11 Å². The van der Waals surface area contributed by atoms with Crippen LogP contribution in [-0.2, 0) is 24.7 Å².